The summed E-state index contributed by atoms with van der Waals surface area (Å²) in [5, 5.41) is 19.2. The zero-order chi connectivity index (χ0) is 13.1. The van der Waals surface area contributed by atoms with Gasteiger partial charge in [-0.15, -0.1) is 0 Å². The Bertz CT molecular complexity index is 242. The maximum absolute atomic E-state index is 10.8. The van der Waals surface area contributed by atoms with Gasteiger partial charge in [0.1, 0.15) is 0 Å². The molecule has 0 heterocycles. The van der Waals surface area contributed by atoms with Crippen molar-refractivity contribution in [3.8, 4) is 0 Å². The molecular formula is C13H26O3. The third-order valence-corrected chi connectivity index (χ3v) is 3.02. The maximum atomic E-state index is 10.8. The Hall–Kier alpha value is -0.570. The lowest BCUT2D eigenvalue weighted by molar-refractivity contribution is -0.143. The van der Waals surface area contributed by atoms with Crippen molar-refractivity contribution in [3.05, 3.63) is 0 Å². The van der Waals surface area contributed by atoms with Crippen LogP contribution in [-0.2, 0) is 4.79 Å². The fourth-order valence-electron chi connectivity index (χ4n) is 2.71. The van der Waals surface area contributed by atoms with Gasteiger partial charge < -0.3 is 10.2 Å². The molecule has 0 saturated carbocycles. The van der Waals surface area contributed by atoms with Crippen molar-refractivity contribution >= 4 is 5.97 Å². The van der Waals surface area contributed by atoms with Crippen LogP contribution in [-0.4, -0.2) is 22.3 Å². The van der Waals surface area contributed by atoms with E-state index in [1.54, 1.807) is 0 Å². The Morgan fingerprint density at radius 1 is 1.12 bits per heavy atom. The summed E-state index contributed by atoms with van der Waals surface area (Å²) in [6, 6.07) is 0. The number of carboxylic acid groups (broad SMARTS) is 1. The van der Waals surface area contributed by atoms with Crippen molar-refractivity contribution in [1.29, 1.82) is 0 Å². The molecule has 0 aliphatic rings. The van der Waals surface area contributed by atoms with E-state index < -0.39 is 17.5 Å². The van der Waals surface area contributed by atoms with E-state index in [0.29, 0.717) is 5.92 Å². The summed E-state index contributed by atoms with van der Waals surface area (Å²) in [5.41, 5.74) is -0.850. The van der Waals surface area contributed by atoms with Gasteiger partial charge in [-0.05, 0) is 17.8 Å². The topological polar surface area (TPSA) is 57.5 Å². The standard InChI is InChI=1S/C13H26O3/c1-9(2)7-12(3,4)11(16)13(5,6)8-10(14)15/h9,11,16H,7-8H2,1-6H3,(H,14,15). The molecule has 0 bridgehead atoms. The van der Waals surface area contributed by atoms with Crippen LogP contribution in [0, 0.1) is 16.7 Å². The normalized spacial score (nSPS) is 15.2. The number of rotatable bonds is 6. The lowest BCUT2D eigenvalue weighted by Crippen LogP contribution is -2.43. The summed E-state index contributed by atoms with van der Waals surface area (Å²) < 4.78 is 0. The summed E-state index contributed by atoms with van der Waals surface area (Å²) in [5.74, 6) is -0.366. The van der Waals surface area contributed by atoms with E-state index in [2.05, 4.69) is 13.8 Å². The third-order valence-electron chi connectivity index (χ3n) is 3.02. The van der Waals surface area contributed by atoms with Crippen LogP contribution in [0.5, 0.6) is 0 Å². The van der Waals surface area contributed by atoms with Crippen LogP contribution in [0.4, 0.5) is 0 Å². The molecule has 2 N–H and O–H groups in total. The van der Waals surface area contributed by atoms with Crippen molar-refractivity contribution in [2.45, 2.75) is 60.5 Å². The van der Waals surface area contributed by atoms with Crippen LogP contribution in [0.1, 0.15) is 54.4 Å². The van der Waals surface area contributed by atoms with E-state index in [4.69, 9.17) is 5.11 Å². The summed E-state index contributed by atoms with van der Waals surface area (Å²) >= 11 is 0. The summed E-state index contributed by atoms with van der Waals surface area (Å²) in [6.45, 7) is 11.8. The van der Waals surface area contributed by atoms with Crippen molar-refractivity contribution in [2.75, 3.05) is 0 Å². The second-order valence-corrected chi connectivity index (χ2v) is 6.55. The first-order chi connectivity index (χ1) is 6.99. The lowest BCUT2D eigenvalue weighted by Gasteiger charge is -2.41. The second kappa shape index (κ2) is 5.17. The van der Waals surface area contributed by atoms with Gasteiger partial charge >= 0.3 is 5.97 Å². The number of aliphatic hydroxyl groups is 1. The SMILES string of the molecule is CC(C)CC(C)(C)C(O)C(C)(C)CC(=O)O. The Morgan fingerprint density at radius 2 is 1.56 bits per heavy atom. The van der Waals surface area contributed by atoms with Crippen molar-refractivity contribution < 1.29 is 15.0 Å². The first kappa shape index (κ1) is 15.4. The molecule has 0 rings (SSSR count). The molecule has 0 fully saturated rings. The van der Waals surface area contributed by atoms with Crippen LogP contribution in [0.2, 0.25) is 0 Å². The maximum Gasteiger partial charge on any atom is 0.303 e. The van der Waals surface area contributed by atoms with Crippen molar-refractivity contribution in [1.82, 2.24) is 0 Å². The predicted molar refractivity (Wildman–Crippen MR) is 65.3 cm³/mol. The van der Waals surface area contributed by atoms with E-state index in [1.807, 2.05) is 27.7 Å². The van der Waals surface area contributed by atoms with Gasteiger partial charge in [-0.2, -0.15) is 0 Å². The highest BCUT2D eigenvalue weighted by Crippen LogP contribution is 2.40. The smallest absolute Gasteiger partial charge is 0.303 e. The quantitative estimate of drug-likeness (QED) is 0.737. The van der Waals surface area contributed by atoms with Gasteiger partial charge in [0.15, 0.2) is 0 Å². The van der Waals surface area contributed by atoms with Gasteiger partial charge in [0, 0.05) is 5.41 Å². The molecule has 0 radical (unpaired) electrons. The zero-order valence-electron chi connectivity index (χ0n) is 11.4. The predicted octanol–water partition coefficient (Wildman–Crippen LogP) is 2.92. The average molecular weight is 230 g/mol. The monoisotopic (exact) mass is 230 g/mol. The van der Waals surface area contributed by atoms with E-state index >= 15 is 0 Å². The summed E-state index contributed by atoms with van der Waals surface area (Å²) in [7, 11) is 0. The zero-order valence-corrected chi connectivity index (χ0v) is 11.4. The number of aliphatic carboxylic acids is 1. The van der Waals surface area contributed by atoms with Gasteiger partial charge in [-0.1, -0.05) is 41.5 Å². The highest BCUT2D eigenvalue weighted by atomic mass is 16.4. The molecule has 1 atom stereocenters. The molecule has 0 aromatic carbocycles. The van der Waals surface area contributed by atoms with Crippen molar-refractivity contribution in [3.63, 3.8) is 0 Å². The first-order valence-corrected chi connectivity index (χ1v) is 5.89. The fourth-order valence-corrected chi connectivity index (χ4v) is 2.71. The molecule has 3 heteroatoms. The highest BCUT2D eigenvalue weighted by Gasteiger charge is 2.40. The lowest BCUT2D eigenvalue weighted by atomic mass is 9.67. The van der Waals surface area contributed by atoms with Gasteiger partial charge in [-0.3, -0.25) is 4.79 Å². The minimum absolute atomic E-state index is 0.00427. The van der Waals surface area contributed by atoms with E-state index in [9.17, 15) is 9.90 Å². The molecule has 96 valence electrons. The minimum Gasteiger partial charge on any atom is -0.481 e. The Morgan fingerprint density at radius 3 is 1.88 bits per heavy atom. The molecule has 0 amide bonds. The van der Waals surface area contributed by atoms with Crippen molar-refractivity contribution in [2.24, 2.45) is 16.7 Å². The molecule has 16 heavy (non-hydrogen) atoms. The van der Waals surface area contributed by atoms with E-state index in [-0.39, 0.29) is 11.8 Å². The van der Waals surface area contributed by atoms with Crippen LogP contribution in [0.3, 0.4) is 0 Å². The number of hydrogen-bond acceptors (Lipinski definition) is 2. The Balaban J connectivity index is 4.74. The molecule has 0 aromatic heterocycles. The van der Waals surface area contributed by atoms with Crippen LogP contribution in [0.15, 0.2) is 0 Å². The molecule has 0 aromatic rings. The number of hydrogen-bond donors (Lipinski definition) is 2. The fraction of sp³-hybridized carbons (Fsp3) is 0.923. The van der Waals surface area contributed by atoms with Gasteiger partial charge in [0.05, 0.1) is 12.5 Å². The second-order valence-electron chi connectivity index (χ2n) is 6.55. The molecule has 0 spiro atoms. The molecule has 0 aliphatic carbocycles. The third kappa shape index (κ3) is 4.52. The van der Waals surface area contributed by atoms with Gasteiger partial charge in [0.2, 0.25) is 0 Å². The Labute approximate surface area is 98.9 Å². The number of carbonyl (C=O) groups is 1. The average Bonchev–Trinajstić information content (AvgIpc) is 1.97. The molecule has 0 saturated heterocycles. The van der Waals surface area contributed by atoms with E-state index in [0.717, 1.165) is 6.42 Å². The van der Waals surface area contributed by atoms with E-state index in [1.165, 1.54) is 0 Å². The van der Waals surface area contributed by atoms with Crippen LogP contribution < -0.4 is 0 Å². The van der Waals surface area contributed by atoms with Crippen LogP contribution >= 0.6 is 0 Å². The molecular weight excluding hydrogens is 204 g/mol. The van der Waals surface area contributed by atoms with Gasteiger partial charge in [0.25, 0.3) is 0 Å². The first-order valence-electron chi connectivity index (χ1n) is 5.89. The minimum atomic E-state index is -0.857. The van der Waals surface area contributed by atoms with Gasteiger partial charge in [-0.25, -0.2) is 0 Å². The number of carboxylic acids is 1. The summed E-state index contributed by atoms with van der Waals surface area (Å²) in [4.78, 5) is 10.8. The number of aliphatic hydroxyl groups excluding tert-OH is 1. The largest absolute Gasteiger partial charge is 0.481 e. The van der Waals surface area contributed by atoms with Crippen LogP contribution in [0.25, 0.3) is 0 Å². The molecule has 0 aliphatic heterocycles. The highest BCUT2D eigenvalue weighted by molar-refractivity contribution is 5.67. The molecule has 3 nitrogen and oxygen atoms in total. The Kier molecular flexibility index (Phi) is 4.99. The summed E-state index contributed by atoms with van der Waals surface area (Å²) in [6.07, 6.45) is 0.269. The molecule has 1 unspecified atom stereocenters.